The highest BCUT2D eigenvalue weighted by Crippen LogP contribution is 2.29. The summed E-state index contributed by atoms with van der Waals surface area (Å²) >= 11 is 6.89. The van der Waals surface area contributed by atoms with Gasteiger partial charge in [0.2, 0.25) is 5.91 Å². The Hall–Kier alpha value is -2.31. The zero-order valence-electron chi connectivity index (χ0n) is 15.3. The number of thiocarbonyl (C=S) groups is 1. The number of carbonyl (C=O) groups is 1. The smallest absolute Gasteiger partial charge is 0.226 e. The van der Waals surface area contributed by atoms with Crippen molar-refractivity contribution in [3.05, 3.63) is 54.1 Å². The van der Waals surface area contributed by atoms with E-state index in [-0.39, 0.29) is 5.91 Å². The number of thiazole rings is 1. The van der Waals surface area contributed by atoms with Gasteiger partial charge in [-0.3, -0.25) is 4.79 Å². The second-order valence-corrected chi connectivity index (χ2v) is 7.81. The van der Waals surface area contributed by atoms with Crippen molar-refractivity contribution in [2.45, 2.75) is 39.2 Å². The number of rotatable bonds is 7. The van der Waals surface area contributed by atoms with Crippen LogP contribution in [-0.4, -0.2) is 16.0 Å². The minimum Gasteiger partial charge on any atom is -0.358 e. The van der Waals surface area contributed by atoms with Gasteiger partial charge in [0.1, 0.15) is 5.01 Å². The van der Waals surface area contributed by atoms with E-state index in [0.29, 0.717) is 18.1 Å². The largest absolute Gasteiger partial charge is 0.358 e. The number of carbonyl (C=O) groups excluding carboxylic acids is 1. The van der Waals surface area contributed by atoms with Crippen molar-refractivity contribution in [1.82, 2.24) is 15.6 Å². The molecule has 3 rings (SSSR count). The lowest BCUT2D eigenvalue weighted by molar-refractivity contribution is -0.119. The molecule has 0 aliphatic heterocycles. The van der Waals surface area contributed by atoms with E-state index in [1.807, 2.05) is 18.2 Å². The monoisotopic (exact) mass is 397 g/mol. The molecule has 0 unspecified atom stereocenters. The average molecular weight is 398 g/mol. The molecule has 1 aromatic heterocycles. The third kappa shape index (κ3) is 5.58. The number of aromatic nitrogens is 1. The van der Waals surface area contributed by atoms with Gasteiger partial charge in [-0.25, -0.2) is 4.98 Å². The lowest BCUT2D eigenvalue weighted by atomic mass is 10.1. The Morgan fingerprint density at radius 3 is 2.63 bits per heavy atom. The fraction of sp³-hybridized carbons (Fsp3) is 0.286. The molecule has 0 aliphatic carbocycles. The summed E-state index contributed by atoms with van der Waals surface area (Å²) in [5, 5.41) is 7.22. The number of unbranched alkanes of at least 4 members (excludes halogenated alkanes) is 2. The number of amides is 1. The molecule has 0 fully saturated rings. The van der Waals surface area contributed by atoms with Gasteiger partial charge in [0.05, 0.1) is 10.2 Å². The van der Waals surface area contributed by atoms with Crippen LogP contribution in [0, 0.1) is 0 Å². The Morgan fingerprint density at radius 1 is 1.11 bits per heavy atom. The normalized spacial score (nSPS) is 10.7. The van der Waals surface area contributed by atoms with E-state index in [9.17, 15) is 4.79 Å². The van der Waals surface area contributed by atoms with E-state index in [2.05, 4.69) is 52.9 Å². The standard InChI is InChI=1S/C21H23N3OS2/c1-2-3-4-9-19(25)24-21(26)22-14-15-10-12-16(13-11-15)20-23-17-7-5-6-8-18(17)27-20/h5-8,10-13H,2-4,9,14H2,1H3,(H2,22,24,25,26). The molecule has 0 saturated heterocycles. The van der Waals surface area contributed by atoms with Crippen molar-refractivity contribution in [3.8, 4) is 10.6 Å². The SMILES string of the molecule is CCCCCC(=O)NC(=S)NCc1ccc(-c2nc3ccccc3s2)cc1. The molecule has 0 aliphatic rings. The molecule has 3 aromatic rings. The molecule has 2 N–H and O–H groups in total. The lowest BCUT2D eigenvalue weighted by Gasteiger charge is -2.10. The Kier molecular flexibility index (Phi) is 6.90. The Balaban J connectivity index is 1.52. The second-order valence-electron chi connectivity index (χ2n) is 6.37. The molecule has 27 heavy (non-hydrogen) atoms. The first kappa shape index (κ1) is 19.5. The van der Waals surface area contributed by atoms with Crippen LogP contribution in [0.3, 0.4) is 0 Å². The van der Waals surface area contributed by atoms with Crippen LogP contribution in [0.15, 0.2) is 48.5 Å². The summed E-state index contributed by atoms with van der Waals surface area (Å²) in [6.07, 6.45) is 3.59. The van der Waals surface area contributed by atoms with Gasteiger partial charge in [0.15, 0.2) is 5.11 Å². The number of para-hydroxylation sites is 1. The van der Waals surface area contributed by atoms with E-state index in [1.54, 1.807) is 11.3 Å². The van der Waals surface area contributed by atoms with E-state index in [0.717, 1.165) is 40.9 Å². The summed E-state index contributed by atoms with van der Waals surface area (Å²) in [6, 6.07) is 16.4. The number of nitrogens with one attached hydrogen (secondary N) is 2. The predicted molar refractivity (Wildman–Crippen MR) is 117 cm³/mol. The van der Waals surface area contributed by atoms with Gasteiger partial charge < -0.3 is 10.6 Å². The van der Waals surface area contributed by atoms with E-state index in [1.165, 1.54) is 4.70 Å². The minimum atomic E-state index is -0.0212. The van der Waals surface area contributed by atoms with Crippen LogP contribution in [0.2, 0.25) is 0 Å². The molecule has 1 heterocycles. The number of hydrogen-bond acceptors (Lipinski definition) is 4. The average Bonchev–Trinajstić information content (AvgIpc) is 3.11. The number of nitrogens with zero attached hydrogens (tertiary/aromatic N) is 1. The van der Waals surface area contributed by atoms with E-state index >= 15 is 0 Å². The van der Waals surface area contributed by atoms with Crippen LogP contribution in [0.25, 0.3) is 20.8 Å². The van der Waals surface area contributed by atoms with Crippen molar-refractivity contribution in [2.24, 2.45) is 0 Å². The maximum absolute atomic E-state index is 11.8. The van der Waals surface area contributed by atoms with Crippen LogP contribution < -0.4 is 10.6 Å². The first-order chi connectivity index (χ1) is 13.2. The number of benzene rings is 2. The molecular formula is C21H23N3OS2. The van der Waals surface area contributed by atoms with Gasteiger partial charge in [-0.15, -0.1) is 11.3 Å². The van der Waals surface area contributed by atoms with Gasteiger partial charge in [-0.05, 0) is 36.3 Å². The Bertz CT molecular complexity index is 886. The van der Waals surface area contributed by atoms with Crippen LogP contribution in [0.1, 0.15) is 38.2 Å². The quantitative estimate of drug-likeness (QED) is 0.433. The summed E-state index contributed by atoms with van der Waals surface area (Å²) in [5.41, 5.74) is 3.23. The zero-order chi connectivity index (χ0) is 19.1. The Morgan fingerprint density at radius 2 is 1.89 bits per heavy atom. The molecule has 6 heteroatoms. The molecule has 0 saturated carbocycles. The van der Waals surface area contributed by atoms with Crippen LogP contribution in [0.4, 0.5) is 0 Å². The summed E-state index contributed by atoms with van der Waals surface area (Å²) in [5.74, 6) is -0.0212. The molecule has 140 valence electrons. The van der Waals surface area contributed by atoms with Crippen LogP contribution in [-0.2, 0) is 11.3 Å². The first-order valence-corrected chi connectivity index (χ1v) is 10.4. The van der Waals surface area contributed by atoms with Crippen LogP contribution in [0.5, 0.6) is 0 Å². The highest BCUT2D eigenvalue weighted by Gasteiger charge is 2.07. The topological polar surface area (TPSA) is 54.0 Å². The summed E-state index contributed by atoms with van der Waals surface area (Å²) < 4.78 is 1.19. The maximum atomic E-state index is 11.8. The minimum absolute atomic E-state index is 0.0212. The van der Waals surface area contributed by atoms with Gasteiger partial charge in [-0.2, -0.15) is 0 Å². The molecule has 0 bridgehead atoms. The fourth-order valence-corrected chi connectivity index (χ4v) is 3.87. The molecular weight excluding hydrogens is 374 g/mol. The summed E-state index contributed by atoms with van der Waals surface area (Å²) in [7, 11) is 0. The zero-order valence-corrected chi connectivity index (χ0v) is 17.0. The van der Waals surface area contributed by atoms with Gasteiger partial charge >= 0.3 is 0 Å². The van der Waals surface area contributed by atoms with Gasteiger partial charge in [0.25, 0.3) is 0 Å². The predicted octanol–water partition coefficient (Wildman–Crippen LogP) is 5.03. The molecule has 2 aromatic carbocycles. The van der Waals surface area contributed by atoms with E-state index < -0.39 is 0 Å². The maximum Gasteiger partial charge on any atom is 0.226 e. The van der Waals surface area contributed by atoms with E-state index in [4.69, 9.17) is 12.2 Å². The third-order valence-electron chi connectivity index (χ3n) is 4.21. The second kappa shape index (κ2) is 9.58. The highest BCUT2D eigenvalue weighted by atomic mass is 32.1. The Labute approximate surface area is 169 Å². The number of fused-ring (bicyclic) bond motifs is 1. The van der Waals surface area contributed by atoms with Crippen molar-refractivity contribution in [2.75, 3.05) is 0 Å². The lowest BCUT2D eigenvalue weighted by Crippen LogP contribution is -2.38. The summed E-state index contributed by atoms with van der Waals surface area (Å²) in [6.45, 7) is 2.69. The third-order valence-corrected chi connectivity index (χ3v) is 5.54. The molecule has 0 spiro atoms. The van der Waals surface area contributed by atoms with Crippen molar-refractivity contribution >= 4 is 44.8 Å². The van der Waals surface area contributed by atoms with Crippen molar-refractivity contribution < 1.29 is 4.79 Å². The van der Waals surface area contributed by atoms with Gasteiger partial charge in [-0.1, -0.05) is 56.2 Å². The van der Waals surface area contributed by atoms with Crippen molar-refractivity contribution in [1.29, 1.82) is 0 Å². The highest BCUT2D eigenvalue weighted by molar-refractivity contribution is 7.80. The fourth-order valence-electron chi connectivity index (χ4n) is 2.71. The summed E-state index contributed by atoms with van der Waals surface area (Å²) in [4.78, 5) is 16.5. The van der Waals surface area contributed by atoms with Gasteiger partial charge in [0, 0.05) is 18.5 Å². The molecule has 0 radical (unpaired) electrons. The number of hydrogen-bond donors (Lipinski definition) is 2. The first-order valence-electron chi connectivity index (χ1n) is 9.18. The molecule has 0 atom stereocenters. The molecule has 4 nitrogen and oxygen atoms in total. The van der Waals surface area contributed by atoms with Crippen molar-refractivity contribution in [3.63, 3.8) is 0 Å². The molecule has 1 amide bonds. The van der Waals surface area contributed by atoms with Crippen LogP contribution >= 0.6 is 23.6 Å².